The molecule has 25 heavy (non-hydrogen) atoms. The van der Waals surface area contributed by atoms with Crippen molar-refractivity contribution in [2.45, 2.75) is 18.1 Å². The molecule has 0 N–H and O–H groups in total. The van der Waals surface area contributed by atoms with E-state index in [1.807, 2.05) is 0 Å². The number of nitrogens with zero attached hydrogens (tertiary/aromatic N) is 1. The van der Waals surface area contributed by atoms with E-state index < -0.39 is 22.2 Å². The molecule has 130 valence electrons. The molecule has 0 unspecified atom stereocenters. The van der Waals surface area contributed by atoms with Gasteiger partial charge in [0.1, 0.15) is 0 Å². The molecule has 0 spiro atoms. The summed E-state index contributed by atoms with van der Waals surface area (Å²) >= 11 is 3.26. The second-order valence-electron chi connectivity index (χ2n) is 5.22. The fraction of sp³-hybridized carbons (Fsp3) is 0.188. The lowest BCUT2D eigenvalue weighted by Gasteiger charge is -2.26. The van der Waals surface area contributed by atoms with Crippen LogP contribution in [0.25, 0.3) is 0 Å². The van der Waals surface area contributed by atoms with Gasteiger partial charge in [-0.15, -0.1) is 0 Å². The number of hydrogen-bond acceptors (Lipinski definition) is 6. The van der Waals surface area contributed by atoms with Gasteiger partial charge in [0.2, 0.25) is 0 Å². The zero-order valence-corrected chi connectivity index (χ0v) is 15.2. The molecule has 9 heteroatoms. The lowest BCUT2D eigenvalue weighted by molar-refractivity contribution is -0.0454. The van der Waals surface area contributed by atoms with Crippen LogP contribution in [0.3, 0.4) is 0 Å². The number of benzene rings is 2. The molecule has 0 bridgehead atoms. The normalized spacial score (nSPS) is 16.3. The Kier molecular flexibility index (Phi) is 4.69. The van der Waals surface area contributed by atoms with Crippen molar-refractivity contribution in [3.8, 4) is 17.6 Å². The van der Waals surface area contributed by atoms with E-state index in [0.29, 0.717) is 5.56 Å². The minimum Gasteiger partial charge on any atom is -0.480 e. The van der Waals surface area contributed by atoms with Crippen molar-refractivity contribution in [1.29, 1.82) is 5.26 Å². The van der Waals surface area contributed by atoms with Crippen LogP contribution in [-0.2, 0) is 14.3 Å². The predicted octanol–water partition coefficient (Wildman–Crippen LogP) is 3.27. The monoisotopic (exact) mass is 427 g/mol. The molecule has 0 saturated carbocycles. The molecule has 0 amide bonds. The largest absolute Gasteiger partial charge is 0.480 e. The van der Waals surface area contributed by atoms with Gasteiger partial charge in [-0.1, -0.05) is 15.9 Å². The van der Waals surface area contributed by atoms with Crippen molar-refractivity contribution in [2.24, 2.45) is 0 Å². The van der Waals surface area contributed by atoms with Gasteiger partial charge in [-0.3, -0.25) is 0 Å². The lowest BCUT2D eigenvalue weighted by atomic mass is 10.2. The van der Waals surface area contributed by atoms with Crippen LogP contribution in [0, 0.1) is 24.1 Å². The summed E-state index contributed by atoms with van der Waals surface area (Å²) in [7, 11) is -4.12. The van der Waals surface area contributed by atoms with Crippen LogP contribution >= 0.6 is 15.9 Å². The molecule has 0 aliphatic carbocycles. The summed E-state index contributed by atoms with van der Waals surface area (Å²) in [4.78, 5) is -0.0120. The molecular formula is C16H11BrFNO5S. The summed E-state index contributed by atoms with van der Waals surface area (Å²) in [5.74, 6) is -1.04. The van der Waals surface area contributed by atoms with Crippen LogP contribution in [-0.4, -0.2) is 21.3 Å². The van der Waals surface area contributed by atoms with E-state index in [-0.39, 0.29) is 28.6 Å². The van der Waals surface area contributed by atoms with Crippen LogP contribution in [0.1, 0.15) is 11.1 Å². The molecule has 1 aliphatic rings. The molecule has 0 radical (unpaired) electrons. The standard InChI is InChI=1S/C16H11BrFNO5S/c1-9-4-11(17)2-3-14(9)25(20,21)24-15-8-22-16-12(18)5-10(7-19)6-13(16)23-15/h2-6,15H,8H2,1H3/t15-/m1/s1. The van der Waals surface area contributed by atoms with Crippen molar-refractivity contribution in [3.63, 3.8) is 0 Å². The molecule has 1 heterocycles. The highest BCUT2D eigenvalue weighted by Crippen LogP contribution is 2.36. The van der Waals surface area contributed by atoms with Crippen molar-refractivity contribution in [3.05, 3.63) is 51.7 Å². The smallest absolute Gasteiger partial charge is 0.300 e. The maximum absolute atomic E-state index is 13.8. The first-order chi connectivity index (χ1) is 11.8. The first kappa shape index (κ1) is 17.7. The quantitative estimate of drug-likeness (QED) is 0.698. The van der Waals surface area contributed by atoms with Gasteiger partial charge in [0.05, 0.1) is 16.5 Å². The Balaban J connectivity index is 1.85. The van der Waals surface area contributed by atoms with Gasteiger partial charge in [0.15, 0.2) is 23.9 Å². The first-order valence-corrected chi connectivity index (χ1v) is 9.23. The number of aryl methyl sites for hydroxylation is 1. The molecule has 0 fully saturated rings. The fourth-order valence-electron chi connectivity index (χ4n) is 2.32. The van der Waals surface area contributed by atoms with E-state index in [2.05, 4.69) is 15.9 Å². The van der Waals surface area contributed by atoms with E-state index >= 15 is 0 Å². The van der Waals surface area contributed by atoms with E-state index in [9.17, 15) is 12.8 Å². The molecule has 0 saturated heterocycles. The SMILES string of the molecule is Cc1cc(Br)ccc1S(=O)(=O)O[C@@H]1COc2c(F)cc(C#N)cc2O1. The van der Waals surface area contributed by atoms with Crippen molar-refractivity contribution >= 4 is 26.0 Å². The summed E-state index contributed by atoms with van der Waals surface area (Å²) in [6.45, 7) is 1.31. The van der Waals surface area contributed by atoms with Gasteiger partial charge in [-0.05, 0) is 36.8 Å². The Labute approximate surface area is 152 Å². The number of hydrogen-bond donors (Lipinski definition) is 0. The average molecular weight is 428 g/mol. The molecular weight excluding hydrogens is 417 g/mol. The molecule has 0 aromatic heterocycles. The third-order valence-corrected chi connectivity index (χ3v) is 5.36. The van der Waals surface area contributed by atoms with Crippen LogP contribution in [0.5, 0.6) is 11.5 Å². The number of ether oxygens (including phenoxy) is 2. The number of halogens is 2. The third-order valence-electron chi connectivity index (χ3n) is 3.40. The summed E-state index contributed by atoms with van der Waals surface area (Å²) in [6.07, 6.45) is -1.30. The van der Waals surface area contributed by atoms with Gasteiger partial charge in [-0.25, -0.2) is 8.57 Å². The van der Waals surface area contributed by atoms with Crippen LogP contribution < -0.4 is 9.47 Å². The average Bonchev–Trinajstić information content (AvgIpc) is 2.53. The van der Waals surface area contributed by atoms with Crippen molar-refractivity contribution in [1.82, 2.24) is 0 Å². The van der Waals surface area contributed by atoms with E-state index in [1.54, 1.807) is 25.1 Å². The van der Waals surface area contributed by atoms with Crippen molar-refractivity contribution < 1.29 is 26.5 Å². The van der Waals surface area contributed by atoms with Gasteiger partial charge < -0.3 is 9.47 Å². The van der Waals surface area contributed by atoms with E-state index in [0.717, 1.165) is 10.5 Å². The molecule has 2 aromatic rings. The Morgan fingerprint density at radius 2 is 2.12 bits per heavy atom. The first-order valence-electron chi connectivity index (χ1n) is 7.03. The number of nitriles is 1. The Morgan fingerprint density at radius 3 is 2.80 bits per heavy atom. The zero-order valence-electron chi connectivity index (χ0n) is 12.8. The maximum Gasteiger partial charge on any atom is 0.300 e. The van der Waals surface area contributed by atoms with E-state index in [4.69, 9.17) is 18.9 Å². The number of rotatable bonds is 3. The fourth-order valence-corrected chi connectivity index (χ4v) is 3.97. The Bertz CT molecular complexity index is 987. The maximum atomic E-state index is 13.8. The predicted molar refractivity (Wildman–Crippen MR) is 88.2 cm³/mol. The molecule has 3 rings (SSSR count). The molecule has 1 atom stereocenters. The van der Waals surface area contributed by atoms with Crippen LogP contribution in [0.15, 0.2) is 39.7 Å². The molecule has 6 nitrogen and oxygen atoms in total. The van der Waals surface area contributed by atoms with Crippen LogP contribution in [0.2, 0.25) is 0 Å². The molecule has 2 aromatic carbocycles. The van der Waals surface area contributed by atoms with Crippen molar-refractivity contribution in [2.75, 3.05) is 6.61 Å². The highest BCUT2D eigenvalue weighted by Gasteiger charge is 2.31. The zero-order chi connectivity index (χ0) is 18.2. The second kappa shape index (κ2) is 6.63. The number of fused-ring (bicyclic) bond motifs is 1. The van der Waals surface area contributed by atoms with Gasteiger partial charge in [0, 0.05) is 10.5 Å². The van der Waals surface area contributed by atoms with Gasteiger partial charge in [-0.2, -0.15) is 13.7 Å². The third kappa shape index (κ3) is 3.61. The van der Waals surface area contributed by atoms with Gasteiger partial charge >= 0.3 is 10.1 Å². The summed E-state index contributed by atoms with van der Waals surface area (Å²) in [6, 6.07) is 8.66. The lowest BCUT2D eigenvalue weighted by Crippen LogP contribution is -2.34. The van der Waals surface area contributed by atoms with E-state index in [1.165, 1.54) is 12.1 Å². The highest BCUT2D eigenvalue weighted by atomic mass is 79.9. The second-order valence-corrected chi connectivity index (χ2v) is 7.67. The summed E-state index contributed by atoms with van der Waals surface area (Å²) in [5.41, 5.74) is 0.511. The molecule has 1 aliphatic heterocycles. The Morgan fingerprint density at radius 1 is 1.36 bits per heavy atom. The minimum absolute atomic E-state index is 0.0120. The minimum atomic E-state index is -4.12. The Hall–Kier alpha value is -2.15. The summed E-state index contributed by atoms with van der Waals surface area (Å²) < 4.78 is 55.0. The summed E-state index contributed by atoms with van der Waals surface area (Å²) in [5, 5.41) is 8.87. The highest BCUT2D eigenvalue weighted by molar-refractivity contribution is 9.10. The van der Waals surface area contributed by atoms with Crippen LogP contribution in [0.4, 0.5) is 4.39 Å². The van der Waals surface area contributed by atoms with Gasteiger partial charge in [0.25, 0.3) is 6.29 Å². The topological polar surface area (TPSA) is 85.6 Å².